The van der Waals surface area contributed by atoms with Crippen LogP contribution in [0, 0.1) is 0 Å². The minimum Gasteiger partial charge on any atom is -0.121 e. The number of allylic oxidation sites excluding steroid dienone is 2. The minimum atomic E-state index is -0.515. The van der Waals surface area contributed by atoms with Crippen molar-refractivity contribution >= 4 is 45.0 Å². The lowest BCUT2D eigenvalue weighted by Gasteiger charge is -2.33. The first-order valence-corrected chi connectivity index (χ1v) is 5.84. The molecule has 0 fully saturated rings. The normalized spacial score (nSPS) is 39.8. The molecule has 2 unspecified atom stereocenters. The van der Waals surface area contributed by atoms with Crippen molar-refractivity contribution in [1.29, 1.82) is 0 Å². The third-order valence-corrected chi connectivity index (χ3v) is 5.51. The number of halogens is 3. The van der Waals surface area contributed by atoms with Crippen LogP contribution in [0.1, 0.15) is 19.8 Å². The summed E-state index contributed by atoms with van der Waals surface area (Å²) < 4.78 is 0. The van der Waals surface area contributed by atoms with Gasteiger partial charge in [-0.05, 0) is 19.8 Å². The first-order valence-electron chi connectivity index (χ1n) is 3.65. The van der Waals surface area contributed by atoms with Crippen molar-refractivity contribution in [2.45, 2.75) is 30.0 Å². The smallest absolute Gasteiger partial charge is 0.0930 e. The zero-order valence-electron chi connectivity index (χ0n) is 6.63. The van der Waals surface area contributed by atoms with Crippen molar-refractivity contribution in [3.05, 3.63) is 10.2 Å². The van der Waals surface area contributed by atoms with Crippen LogP contribution in [0.2, 0.25) is 0 Å². The van der Waals surface area contributed by atoms with E-state index in [0.29, 0.717) is 0 Å². The summed E-state index contributed by atoms with van der Waals surface area (Å²) >= 11 is 18.3. The summed E-state index contributed by atoms with van der Waals surface area (Å²) in [6, 6.07) is 0. The molecule has 64 valence electrons. The Balaban J connectivity index is 2.98. The van der Waals surface area contributed by atoms with Gasteiger partial charge in [0.1, 0.15) is 0 Å². The van der Waals surface area contributed by atoms with E-state index in [-0.39, 0.29) is 5.38 Å². The number of hydrogen-bond acceptors (Lipinski definition) is 0. The molecule has 0 aliphatic heterocycles. The van der Waals surface area contributed by atoms with E-state index in [1.165, 1.54) is 5.20 Å². The molecule has 0 nitrogen and oxygen atoms in total. The lowest BCUT2D eigenvalue weighted by atomic mass is 9.95. The molecule has 0 saturated heterocycles. The van der Waals surface area contributed by atoms with Crippen LogP contribution in [0.5, 0.6) is 0 Å². The second kappa shape index (κ2) is 3.29. The highest BCUT2D eigenvalue weighted by Gasteiger charge is 2.37. The van der Waals surface area contributed by atoms with E-state index in [2.05, 4.69) is 0 Å². The van der Waals surface area contributed by atoms with Gasteiger partial charge in [0.15, 0.2) is 0 Å². The standard InChI is InChI=1S/C7H11Cl3Si/c1-7(10)5(8)3-2-4(11)6(7)9/h5H,2-3H2,1,11H3. The molecule has 0 spiro atoms. The summed E-state index contributed by atoms with van der Waals surface area (Å²) in [7, 11) is 1.00. The molecule has 2 atom stereocenters. The molecular formula is C7H11Cl3Si. The zero-order valence-corrected chi connectivity index (χ0v) is 10.9. The Labute approximate surface area is 85.3 Å². The summed E-state index contributed by atoms with van der Waals surface area (Å²) in [4.78, 5) is -0.515. The topological polar surface area (TPSA) is 0 Å². The van der Waals surface area contributed by atoms with Gasteiger partial charge in [-0.1, -0.05) is 16.8 Å². The average molecular weight is 230 g/mol. The molecule has 1 aliphatic carbocycles. The van der Waals surface area contributed by atoms with Gasteiger partial charge >= 0.3 is 0 Å². The van der Waals surface area contributed by atoms with Crippen molar-refractivity contribution in [1.82, 2.24) is 0 Å². The molecule has 1 aliphatic rings. The van der Waals surface area contributed by atoms with E-state index in [4.69, 9.17) is 34.8 Å². The molecule has 0 heterocycles. The predicted octanol–water partition coefficient (Wildman–Crippen LogP) is 2.20. The van der Waals surface area contributed by atoms with Crippen LogP contribution >= 0.6 is 34.8 Å². The fraction of sp³-hybridized carbons (Fsp3) is 0.714. The minimum absolute atomic E-state index is 0.0191. The third kappa shape index (κ3) is 1.77. The molecule has 0 aromatic rings. The number of hydrogen-bond donors (Lipinski definition) is 0. The Bertz CT molecular complexity index is 198. The SMILES string of the molecule is CC1(Cl)C(Cl)=C([SiH3])CCC1Cl. The van der Waals surface area contributed by atoms with Gasteiger partial charge in [-0.25, -0.2) is 0 Å². The molecule has 0 bridgehead atoms. The zero-order chi connectivity index (χ0) is 8.65. The van der Waals surface area contributed by atoms with Gasteiger partial charge < -0.3 is 0 Å². The van der Waals surface area contributed by atoms with E-state index >= 15 is 0 Å². The quantitative estimate of drug-likeness (QED) is 0.441. The van der Waals surface area contributed by atoms with Gasteiger partial charge in [0.25, 0.3) is 0 Å². The lowest BCUT2D eigenvalue weighted by Crippen LogP contribution is -2.34. The molecule has 1 rings (SSSR count). The van der Waals surface area contributed by atoms with Gasteiger partial charge in [0.2, 0.25) is 0 Å². The summed E-state index contributed by atoms with van der Waals surface area (Å²) in [5.41, 5.74) is 0. The molecule has 4 heteroatoms. The van der Waals surface area contributed by atoms with Gasteiger partial charge in [-0.3, -0.25) is 0 Å². The Morgan fingerprint density at radius 2 is 2.18 bits per heavy atom. The average Bonchev–Trinajstić information content (AvgIpc) is 1.95. The third-order valence-electron chi connectivity index (χ3n) is 2.16. The molecule has 0 radical (unpaired) electrons. The maximum Gasteiger partial charge on any atom is 0.0930 e. The Morgan fingerprint density at radius 1 is 1.64 bits per heavy atom. The van der Waals surface area contributed by atoms with Crippen LogP contribution < -0.4 is 0 Å². The second-order valence-electron chi connectivity index (χ2n) is 3.18. The van der Waals surface area contributed by atoms with Gasteiger partial charge in [-0.2, -0.15) is 0 Å². The molecule has 0 amide bonds. The Morgan fingerprint density at radius 3 is 2.64 bits per heavy atom. The molecule has 0 aromatic heterocycles. The van der Waals surface area contributed by atoms with Gasteiger partial charge in [0, 0.05) is 15.3 Å². The number of rotatable bonds is 0. The fourth-order valence-electron chi connectivity index (χ4n) is 1.28. The highest BCUT2D eigenvalue weighted by molar-refractivity contribution is 6.46. The molecule has 0 saturated carbocycles. The number of alkyl halides is 2. The first kappa shape index (κ1) is 9.91. The van der Waals surface area contributed by atoms with E-state index in [1.54, 1.807) is 0 Å². The van der Waals surface area contributed by atoms with Crippen molar-refractivity contribution in [3.8, 4) is 0 Å². The van der Waals surface area contributed by atoms with Gasteiger partial charge in [0.05, 0.1) is 10.3 Å². The van der Waals surface area contributed by atoms with Crippen molar-refractivity contribution < 1.29 is 0 Å². The molecule has 0 aromatic carbocycles. The monoisotopic (exact) mass is 228 g/mol. The van der Waals surface area contributed by atoms with Crippen LogP contribution in [0.4, 0.5) is 0 Å². The van der Waals surface area contributed by atoms with Gasteiger partial charge in [-0.15, -0.1) is 23.2 Å². The van der Waals surface area contributed by atoms with Crippen molar-refractivity contribution in [2.75, 3.05) is 0 Å². The second-order valence-corrected chi connectivity index (χ2v) is 6.07. The molecule has 0 N–H and O–H groups in total. The van der Waals surface area contributed by atoms with Crippen LogP contribution in [-0.4, -0.2) is 20.5 Å². The molecule has 11 heavy (non-hydrogen) atoms. The maximum absolute atomic E-state index is 6.17. The summed E-state index contributed by atoms with van der Waals surface area (Å²) in [6.07, 6.45) is 1.98. The fourth-order valence-corrected chi connectivity index (χ4v) is 3.02. The van der Waals surface area contributed by atoms with Crippen LogP contribution in [0.25, 0.3) is 0 Å². The largest absolute Gasteiger partial charge is 0.121 e. The van der Waals surface area contributed by atoms with Crippen LogP contribution in [0.3, 0.4) is 0 Å². The Kier molecular flexibility index (Phi) is 2.96. The van der Waals surface area contributed by atoms with Crippen molar-refractivity contribution in [2.24, 2.45) is 0 Å². The first-order chi connectivity index (χ1) is 4.96. The summed E-state index contributed by atoms with van der Waals surface area (Å²) in [6.45, 7) is 1.89. The van der Waals surface area contributed by atoms with E-state index in [9.17, 15) is 0 Å². The van der Waals surface area contributed by atoms with Crippen LogP contribution in [0.15, 0.2) is 10.2 Å². The highest BCUT2D eigenvalue weighted by atomic mass is 35.5. The van der Waals surface area contributed by atoms with E-state index in [1.807, 2.05) is 6.92 Å². The lowest BCUT2D eigenvalue weighted by molar-refractivity contribution is 0.610. The predicted molar refractivity (Wildman–Crippen MR) is 56.0 cm³/mol. The van der Waals surface area contributed by atoms with Crippen molar-refractivity contribution in [3.63, 3.8) is 0 Å². The summed E-state index contributed by atoms with van der Waals surface area (Å²) in [5.74, 6) is 0. The van der Waals surface area contributed by atoms with E-state index < -0.39 is 4.87 Å². The summed E-state index contributed by atoms with van der Waals surface area (Å²) in [5, 5.41) is 2.08. The molecular weight excluding hydrogens is 219 g/mol. The maximum atomic E-state index is 6.17. The highest BCUT2D eigenvalue weighted by Crippen LogP contribution is 2.42. The van der Waals surface area contributed by atoms with Crippen LogP contribution in [-0.2, 0) is 0 Å². The Hall–Kier alpha value is 0.827. The van der Waals surface area contributed by atoms with E-state index in [0.717, 1.165) is 28.1 Å².